The highest BCUT2D eigenvalue weighted by Crippen LogP contribution is 2.30. The van der Waals surface area contributed by atoms with E-state index in [-0.39, 0.29) is 0 Å². The van der Waals surface area contributed by atoms with E-state index in [2.05, 4.69) is 10.4 Å². The second-order valence-corrected chi connectivity index (χ2v) is 8.35. The molecule has 0 bridgehead atoms. The van der Waals surface area contributed by atoms with Crippen LogP contribution < -0.4 is 14.8 Å². The third kappa shape index (κ3) is 5.41. The molecular formula is C21H23N3O6S. The number of hydrogen-bond donors (Lipinski definition) is 1. The number of amides is 1. The molecule has 9 nitrogen and oxygen atoms in total. The fourth-order valence-corrected chi connectivity index (χ4v) is 3.47. The zero-order valence-corrected chi connectivity index (χ0v) is 18.3. The van der Waals surface area contributed by atoms with Crippen LogP contribution in [0.3, 0.4) is 0 Å². The molecule has 0 saturated heterocycles. The van der Waals surface area contributed by atoms with Gasteiger partial charge >= 0.3 is 0 Å². The van der Waals surface area contributed by atoms with Crippen molar-refractivity contribution in [2.45, 2.75) is 13.0 Å². The summed E-state index contributed by atoms with van der Waals surface area (Å²) in [6.45, 7) is 1.89. The van der Waals surface area contributed by atoms with Gasteiger partial charge in [0.2, 0.25) is 0 Å². The fourth-order valence-electron chi connectivity index (χ4n) is 2.92. The van der Waals surface area contributed by atoms with Crippen molar-refractivity contribution in [1.82, 2.24) is 9.78 Å². The predicted molar refractivity (Wildman–Crippen MR) is 115 cm³/mol. The maximum Gasteiger partial charge on any atom is 0.265 e. The van der Waals surface area contributed by atoms with Crippen LogP contribution in [0.5, 0.6) is 11.5 Å². The van der Waals surface area contributed by atoms with E-state index >= 15 is 0 Å². The number of aryl methyl sites for hydroxylation is 1. The molecule has 0 fully saturated rings. The number of aromatic nitrogens is 2. The summed E-state index contributed by atoms with van der Waals surface area (Å²) < 4.78 is 40.6. The van der Waals surface area contributed by atoms with Crippen molar-refractivity contribution in [2.75, 3.05) is 25.8 Å². The number of rotatable bonds is 8. The Morgan fingerprint density at radius 3 is 2.32 bits per heavy atom. The lowest BCUT2D eigenvalue weighted by atomic mass is 10.1. The lowest BCUT2D eigenvalue weighted by molar-refractivity contribution is -0.122. The van der Waals surface area contributed by atoms with Crippen LogP contribution >= 0.6 is 0 Å². The molecule has 0 radical (unpaired) electrons. The van der Waals surface area contributed by atoms with Crippen LogP contribution in [0, 0.1) is 6.92 Å². The van der Waals surface area contributed by atoms with Crippen molar-refractivity contribution in [1.29, 1.82) is 0 Å². The Hall–Kier alpha value is -3.37. The Kier molecular flexibility index (Phi) is 6.62. The van der Waals surface area contributed by atoms with E-state index in [0.29, 0.717) is 28.6 Å². The highest BCUT2D eigenvalue weighted by molar-refractivity contribution is 7.86. The predicted octanol–water partition coefficient (Wildman–Crippen LogP) is 2.85. The molecule has 3 aromatic rings. The molecule has 0 aliphatic heterocycles. The summed E-state index contributed by atoms with van der Waals surface area (Å²) in [7, 11) is -0.850. The van der Waals surface area contributed by atoms with Crippen LogP contribution in [0.4, 0.5) is 5.82 Å². The van der Waals surface area contributed by atoms with E-state index in [1.807, 2.05) is 6.92 Å². The van der Waals surface area contributed by atoms with E-state index in [1.165, 1.54) is 25.1 Å². The van der Waals surface area contributed by atoms with Crippen LogP contribution in [0.15, 0.2) is 54.7 Å². The van der Waals surface area contributed by atoms with Gasteiger partial charge in [-0.1, -0.05) is 29.8 Å². The summed E-state index contributed by atoms with van der Waals surface area (Å²) in [5.74, 6) is 0.707. The van der Waals surface area contributed by atoms with E-state index in [1.54, 1.807) is 48.5 Å². The highest BCUT2D eigenvalue weighted by atomic mass is 32.2. The number of carbonyl (C=O) groups is 1. The van der Waals surface area contributed by atoms with Crippen LogP contribution in [0.1, 0.15) is 17.2 Å². The highest BCUT2D eigenvalue weighted by Gasteiger charge is 2.27. The van der Waals surface area contributed by atoms with Crippen LogP contribution in [-0.4, -0.2) is 44.6 Å². The molecule has 0 saturated carbocycles. The van der Waals surface area contributed by atoms with E-state index in [9.17, 15) is 13.2 Å². The minimum atomic E-state index is -3.90. The molecule has 1 atom stereocenters. The molecule has 0 aliphatic carbocycles. The van der Waals surface area contributed by atoms with Gasteiger partial charge in [-0.3, -0.25) is 8.98 Å². The van der Waals surface area contributed by atoms with Gasteiger partial charge in [0.1, 0.15) is 5.82 Å². The van der Waals surface area contributed by atoms with Gasteiger partial charge in [-0.25, -0.2) is 4.68 Å². The van der Waals surface area contributed by atoms with Crippen molar-refractivity contribution in [3.8, 4) is 17.2 Å². The maximum absolute atomic E-state index is 13.0. The lowest BCUT2D eigenvalue weighted by Gasteiger charge is -2.17. The first-order valence-corrected chi connectivity index (χ1v) is 11.1. The molecule has 0 aliphatic rings. The number of nitrogens with zero attached hydrogens (tertiary/aromatic N) is 2. The molecule has 1 N–H and O–H groups in total. The summed E-state index contributed by atoms with van der Waals surface area (Å²) in [4.78, 5) is 13.0. The summed E-state index contributed by atoms with van der Waals surface area (Å²) in [6, 6.07) is 13.6. The number of benzene rings is 2. The summed E-state index contributed by atoms with van der Waals surface area (Å²) in [5, 5.41) is 6.93. The Morgan fingerprint density at radius 1 is 1.03 bits per heavy atom. The van der Waals surface area contributed by atoms with Gasteiger partial charge in [0, 0.05) is 12.1 Å². The molecule has 0 spiro atoms. The first-order chi connectivity index (χ1) is 14.7. The molecule has 31 heavy (non-hydrogen) atoms. The Bertz CT molecular complexity index is 1170. The molecule has 1 heterocycles. The van der Waals surface area contributed by atoms with Gasteiger partial charge < -0.3 is 14.8 Å². The molecule has 2 aromatic carbocycles. The number of carbonyl (C=O) groups excluding carboxylic acids is 1. The number of nitrogens with one attached hydrogen (secondary N) is 1. The zero-order chi connectivity index (χ0) is 22.6. The third-order valence-corrected chi connectivity index (χ3v) is 4.94. The van der Waals surface area contributed by atoms with E-state index in [0.717, 1.165) is 11.8 Å². The van der Waals surface area contributed by atoms with Crippen LogP contribution in [0.2, 0.25) is 0 Å². The molecule has 1 unspecified atom stereocenters. The number of anilines is 1. The summed E-state index contributed by atoms with van der Waals surface area (Å²) in [6.07, 6.45) is 1.05. The minimum Gasteiger partial charge on any atom is -0.493 e. The monoisotopic (exact) mass is 445 g/mol. The quantitative estimate of drug-likeness (QED) is 0.531. The fraction of sp³-hybridized carbons (Fsp3) is 0.238. The second kappa shape index (κ2) is 9.19. The second-order valence-electron chi connectivity index (χ2n) is 6.75. The molecule has 1 amide bonds. The molecule has 3 rings (SSSR count). The minimum absolute atomic E-state index is 0.325. The maximum atomic E-state index is 13.0. The van der Waals surface area contributed by atoms with Gasteiger partial charge in [-0.15, -0.1) is 0 Å². The first-order valence-electron chi connectivity index (χ1n) is 9.24. The number of hydrogen-bond acceptors (Lipinski definition) is 7. The average Bonchev–Trinajstić information content (AvgIpc) is 3.19. The molecule has 10 heteroatoms. The van der Waals surface area contributed by atoms with Crippen molar-refractivity contribution < 1.29 is 26.9 Å². The topological polar surface area (TPSA) is 109 Å². The van der Waals surface area contributed by atoms with Crippen LogP contribution in [0.25, 0.3) is 5.69 Å². The van der Waals surface area contributed by atoms with Crippen molar-refractivity contribution in [3.63, 3.8) is 0 Å². The van der Waals surface area contributed by atoms with Gasteiger partial charge in [0.05, 0.1) is 32.4 Å². The molecule has 164 valence electrons. The summed E-state index contributed by atoms with van der Waals surface area (Å²) in [5.41, 5.74) is 1.98. The van der Waals surface area contributed by atoms with Gasteiger partial charge in [-0.2, -0.15) is 13.5 Å². The van der Waals surface area contributed by atoms with Crippen molar-refractivity contribution in [2.24, 2.45) is 0 Å². The Labute approximate surface area is 180 Å². The van der Waals surface area contributed by atoms with Gasteiger partial charge in [0.15, 0.2) is 17.6 Å². The van der Waals surface area contributed by atoms with Crippen molar-refractivity contribution >= 4 is 21.8 Å². The van der Waals surface area contributed by atoms with Gasteiger partial charge in [0.25, 0.3) is 16.0 Å². The Morgan fingerprint density at radius 2 is 1.71 bits per heavy atom. The van der Waals surface area contributed by atoms with Gasteiger partial charge in [-0.05, 0) is 24.6 Å². The van der Waals surface area contributed by atoms with Crippen molar-refractivity contribution in [3.05, 3.63) is 65.9 Å². The number of ether oxygens (including phenoxy) is 2. The smallest absolute Gasteiger partial charge is 0.265 e. The standard InChI is InChI=1S/C21H23N3O6S/c1-14-5-7-15(8-6-14)20(30-31(4,26)27)21(25)23-19-11-12-22-24(19)16-9-10-17(28-2)18(13-16)29-3/h5-13,20H,1-4H3,(H,23,25). The third-order valence-electron chi connectivity index (χ3n) is 4.39. The molecular weight excluding hydrogens is 422 g/mol. The largest absolute Gasteiger partial charge is 0.493 e. The van der Waals surface area contributed by atoms with E-state index < -0.39 is 22.1 Å². The summed E-state index contributed by atoms with van der Waals surface area (Å²) >= 11 is 0. The first kappa shape index (κ1) is 22.3. The SMILES string of the molecule is COc1ccc(-n2nccc2NC(=O)C(OS(C)(=O)=O)c2ccc(C)cc2)cc1OC. The molecule has 1 aromatic heterocycles. The average molecular weight is 445 g/mol. The lowest BCUT2D eigenvalue weighted by Crippen LogP contribution is -2.26. The van der Waals surface area contributed by atoms with Crippen LogP contribution in [-0.2, 0) is 19.1 Å². The zero-order valence-electron chi connectivity index (χ0n) is 17.5. The van der Waals surface area contributed by atoms with E-state index in [4.69, 9.17) is 13.7 Å². The normalized spacial score (nSPS) is 12.3. The Balaban J connectivity index is 1.92. The number of methoxy groups -OCH3 is 2.